The first-order valence-corrected chi connectivity index (χ1v) is 11.3. The molecule has 1 aromatic heterocycles. The zero-order chi connectivity index (χ0) is 24.0. The smallest absolute Gasteiger partial charge is 0.133 e. The van der Waals surface area contributed by atoms with Gasteiger partial charge in [-0.2, -0.15) is 5.10 Å². The molecule has 7 heteroatoms. The normalized spacial score (nSPS) is 15.6. The van der Waals surface area contributed by atoms with Gasteiger partial charge in [0.2, 0.25) is 0 Å². The van der Waals surface area contributed by atoms with E-state index in [0.29, 0.717) is 12.0 Å². The topological polar surface area (TPSA) is 71.1 Å². The fourth-order valence-electron chi connectivity index (χ4n) is 4.62. The molecule has 6 nitrogen and oxygen atoms in total. The van der Waals surface area contributed by atoms with Crippen LogP contribution in [-0.2, 0) is 13.6 Å². The Morgan fingerprint density at radius 2 is 2.00 bits per heavy atom. The number of nitrogens with zero attached hydrogens (tertiary/aromatic N) is 3. The minimum atomic E-state index is -0.260. The second-order valence-corrected chi connectivity index (χ2v) is 9.26. The van der Waals surface area contributed by atoms with Crippen LogP contribution in [0, 0.1) is 12.7 Å². The number of aromatic nitrogens is 2. The molecule has 0 saturated heterocycles. The Kier molecular flexibility index (Phi) is 5.49. The summed E-state index contributed by atoms with van der Waals surface area (Å²) in [5.74, 6) is -0.260. The van der Waals surface area contributed by atoms with Gasteiger partial charge in [0.1, 0.15) is 11.5 Å². The predicted molar refractivity (Wildman–Crippen MR) is 136 cm³/mol. The van der Waals surface area contributed by atoms with Crippen LogP contribution in [0.4, 0.5) is 4.39 Å². The lowest BCUT2D eigenvalue weighted by atomic mass is 9.97. The number of rotatable bonds is 4. The molecule has 0 fully saturated rings. The van der Waals surface area contributed by atoms with Gasteiger partial charge in [-0.05, 0) is 56.4 Å². The van der Waals surface area contributed by atoms with Gasteiger partial charge in [-0.15, -0.1) is 0 Å². The van der Waals surface area contributed by atoms with Gasteiger partial charge in [0.25, 0.3) is 0 Å². The van der Waals surface area contributed by atoms with Crippen LogP contribution in [0.15, 0.2) is 71.9 Å². The Bertz CT molecular complexity index is 1420. The molecule has 0 atom stereocenters. The molecule has 1 aliphatic heterocycles. The molecule has 0 amide bonds. The van der Waals surface area contributed by atoms with Crippen LogP contribution in [-0.4, -0.2) is 28.8 Å². The molecule has 0 unspecified atom stereocenters. The van der Waals surface area contributed by atoms with Gasteiger partial charge in [0.15, 0.2) is 0 Å². The number of aryl methyl sites for hydroxylation is 2. The minimum absolute atomic E-state index is 0.260. The molecule has 0 spiro atoms. The summed E-state index contributed by atoms with van der Waals surface area (Å²) in [5.41, 5.74) is 14.8. The van der Waals surface area contributed by atoms with E-state index in [1.54, 1.807) is 10.7 Å². The van der Waals surface area contributed by atoms with E-state index in [9.17, 15) is 0 Å². The van der Waals surface area contributed by atoms with Gasteiger partial charge in [0, 0.05) is 54.6 Å². The van der Waals surface area contributed by atoms with Crippen LogP contribution >= 0.6 is 0 Å². The number of nitrogens with one attached hydrogen (secondary N) is 2. The standard InChI is InChI=1S/C27H29FN6/c1-16-8-17(15-33(2)3)10-18(9-16)20-12-21-26(13-22(20)28)34(4)32-27(21)25-14-30-23-7-5-6-19(29)11-24(23)31-25/h5-10,12-14,30-31H,11,15,29H2,1-4H3. The highest BCUT2D eigenvalue weighted by atomic mass is 19.1. The molecule has 34 heavy (non-hydrogen) atoms. The van der Waals surface area contributed by atoms with E-state index in [-0.39, 0.29) is 5.82 Å². The van der Waals surface area contributed by atoms with Crippen molar-refractivity contribution in [2.75, 3.05) is 14.1 Å². The third-order valence-electron chi connectivity index (χ3n) is 6.08. The van der Waals surface area contributed by atoms with Gasteiger partial charge in [-0.3, -0.25) is 4.68 Å². The number of allylic oxidation sites excluding steroid dienone is 3. The fourth-order valence-corrected chi connectivity index (χ4v) is 4.62. The third-order valence-corrected chi connectivity index (χ3v) is 6.08. The molecule has 3 aromatic rings. The highest BCUT2D eigenvalue weighted by Gasteiger charge is 2.21. The molecule has 0 radical (unpaired) electrons. The van der Waals surface area contributed by atoms with Gasteiger partial charge in [0.05, 0.1) is 16.9 Å². The van der Waals surface area contributed by atoms with E-state index < -0.39 is 0 Å². The van der Waals surface area contributed by atoms with Crippen molar-refractivity contribution < 1.29 is 4.39 Å². The summed E-state index contributed by atoms with van der Waals surface area (Å²) in [4.78, 5) is 2.11. The van der Waals surface area contributed by atoms with Crippen molar-refractivity contribution in [3.05, 3.63) is 94.5 Å². The SMILES string of the molecule is Cc1cc(CN(C)C)cc(-c2cc3c(C4=CNC5=C(CC(N)=CC=C5)N4)nn(C)c3cc2F)c1. The lowest BCUT2D eigenvalue weighted by Gasteiger charge is -2.21. The fraction of sp³-hybridized carbons (Fsp3) is 0.222. The molecule has 2 aromatic carbocycles. The van der Waals surface area contributed by atoms with E-state index in [1.165, 1.54) is 0 Å². The Labute approximate surface area is 198 Å². The summed E-state index contributed by atoms with van der Waals surface area (Å²) in [6.07, 6.45) is 8.33. The Morgan fingerprint density at radius 1 is 1.18 bits per heavy atom. The maximum Gasteiger partial charge on any atom is 0.133 e. The average molecular weight is 457 g/mol. The predicted octanol–water partition coefficient (Wildman–Crippen LogP) is 4.25. The van der Waals surface area contributed by atoms with Crippen molar-refractivity contribution in [3.63, 3.8) is 0 Å². The van der Waals surface area contributed by atoms with Crippen LogP contribution in [0.2, 0.25) is 0 Å². The van der Waals surface area contributed by atoms with Crippen molar-refractivity contribution in [1.29, 1.82) is 0 Å². The van der Waals surface area contributed by atoms with Crippen LogP contribution in [0.1, 0.15) is 23.2 Å². The zero-order valence-electron chi connectivity index (χ0n) is 19.9. The lowest BCUT2D eigenvalue weighted by molar-refractivity contribution is 0.402. The molecule has 5 rings (SSSR count). The number of halogens is 1. The monoisotopic (exact) mass is 456 g/mol. The summed E-state index contributed by atoms with van der Waals surface area (Å²) in [7, 11) is 5.90. The van der Waals surface area contributed by atoms with Crippen molar-refractivity contribution in [1.82, 2.24) is 25.3 Å². The van der Waals surface area contributed by atoms with E-state index in [4.69, 9.17) is 10.8 Å². The second-order valence-electron chi connectivity index (χ2n) is 9.26. The second kappa shape index (κ2) is 8.50. The maximum atomic E-state index is 15.3. The van der Waals surface area contributed by atoms with E-state index in [0.717, 1.165) is 62.6 Å². The van der Waals surface area contributed by atoms with Crippen molar-refractivity contribution >= 4 is 16.6 Å². The zero-order valence-corrected chi connectivity index (χ0v) is 19.9. The van der Waals surface area contributed by atoms with Crippen molar-refractivity contribution in [2.45, 2.75) is 19.9 Å². The summed E-state index contributed by atoms with van der Waals surface area (Å²) >= 11 is 0. The first-order valence-electron chi connectivity index (χ1n) is 11.3. The summed E-state index contributed by atoms with van der Waals surface area (Å²) in [6.45, 7) is 2.84. The van der Waals surface area contributed by atoms with E-state index >= 15 is 4.39 Å². The van der Waals surface area contributed by atoms with Crippen molar-refractivity contribution in [2.24, 2.45) is 12.8 Å². The lowest BCUT2D eigenvalue weighted by Crippen LogP contribution is -2.26. The van der Waals surface area contributed by atoms with E-state index in [1.807, 2.05) is 64.6 Å². The molecule has 2 aliphatic rings. The number of benzene rings is 2. The van der Waals surface area contributed by atoms with E-state index in [2.05, 4.69) is 27.7 Å². The molecule has 0 bridgehead atoms. The summed E-state index contributed by atoms with van der Waals surface area (Å²) in [5, 5.41) is 12.4. The molecule has 4 N–H and O–H groups in total. The largest absolute Gasteiger partial charge is 0.402 e. The molecule has 0 saturated carbocycles. The molecule has 174 valence electrons. The number of nitrogens with two attached hydrogens (primary N) is 1. The number of fused-ring (bicyclic) bond motifs is 1. The average Bonchev–Trinajstić information content (AvgIpc) is 2.96. The highest BCUT2D eigenvalue weighted by molar-refractivity contribution is 5.94. The maximum absolute atomic E-state index is 15.3. The molecular formula is C27H29FN6. The minimum Gasteiger partial charge on any atom is -0.402 e. The Balaban J connectivity index is 1.58. The van der Waals surface area contributed by atoms with Gasteiger partial charge in [-0.1, -0.05) is 23.8 Å². The third kappa shape index (κ3) is 4.10. The number of hydrogen-bond donors (Lipinski definition) is 3. The quantitative estimate of drug-likeness (QED) is 0.547. The van der Waals surface area contributed by atoms with Gasteiger partial charge < -0.3 is 21.3 Å². The highest BCUT2D eigenvalue weighted by Crippen LogP contribution is 2.33. The van der Waals surface area contributed by atoms with Gasteiger partial charge >= 0.3 is 0 Å². The van der Waals surface area contributed by atoms with Crippen molar-refractivity contribution in [3.8, 4) is 11.1 Å². The van der Waals surface area contributed by atoms with Crippen LogP contribution < -0.4 is 16.4 Å². The molecule has 1 aliphatic carbocycles. The van der Waals surface area contributed by atoms with Crippen LogP contribution in [0.25, 0.3) is 27.7 Å². The first-order chi connectivity index (χ1) is 16.3. The van der Waals surface area contributed by atoms with Crippen LogP contribution in [0.3, 0.4) is 0 Å². The first kappa shape index (κ1) is 22.0. The summed E-state index contributed by atoms with van der Waals surface area (Å²) < 4.78 is 17.1. The van der Waals surface area contributed by atoms with Crippen LogP contribution in [0.5, 0.6) is 0 Å². The van der Waals surface area contributed by atoms with Gasteiger partial charge in [-0.25, -0.2) is 4.39 Å². The molecule has 2 heterocycles. The summed E-state index contributed by atoms with van der Waals surface area (Å²) in [6, 6.07) is 9.73. The molecular weight excluding hydrogens is 427 g/mol. The number of hydrogen-bond acceptors (Lipinski definition) is 5. The Morgan fingerprint density at radius 3 is 2.79 bits per heavy atom. The Hall–Kier alpha value is -3.84.